The summed E-state index contributed by atoms with van der Waals surface area (Å²) in [6.45, 7) is 11.4. The van der Waals surface area contributed by atoms with Crippen molar-refractivity contribution in [1.29, 1.82) is 0 Å². The molecule has 0 atom stereocenters. The third-order valence-corrected chi connectivity index (χ3v) is 6.83. The van der Waals surface area contributed by atoms with Gasteiger partial charge in [-0.1, -0.05) is 30.3 Å². The van der Waals surface area contributed by atoms with Gasteiger partial charge >= 0.3 is 13.7 Å². The summed E-state index contributed by atoms with van der Waals surface area (Å²) in [5, 5.41) is 0. The van der Waals surface area contributed by atoms with Gasteiger partial charge in [-0.3, -0.25) is 9.46 Å². The van der Waals surface area contributed by atoms with Gasteiger partial charge in [-0.05, 0) is 46.2 Å². The lowest BCUT2D eigenvalue weighted by Gasteiger charge is -2.34. The predicted molar refractivity (Wildman–Crippen MR) is 114 cm³/mol. The minimum Gasteiger partial charge on any atom is -0.445 e. The normalized spacial score (nSPS) is 15.9. The molecule has 0 spiro atoms. The molecule has 0 bridgehead atoms. The zero-order valence-corrected chi connectivity index (χ0v) is 19.0. The Morgan fingerprint density at radius 3 is 2.14 bits per heavy atom. The first-order valence-corrected chi connectivity index (χ1v) is 12.1. The largest absolute Gasteiger partial charge is 0.445 e. The molecule has 0 unspecified atom stereocenters. The SMILES string of the molecule is CC(C)OP(=O)(CCCN1CCN(C(=O)OCc2ccccc2)CC1)OC(C)C. The van der Waals surface area contributed by atoms with Crippen LogP contribution in [0.15, 0.2) is 30.3 Å². The van der Waals surface area contributed by atoms with E-state index in [2.05, 4.69) is 4.90 Å². The Kier molecular flexibility index (Phi) is 9.63. The van der Waals surface area contributed by atoms with Gasteiger partial charge < -0.3 is 18.7 Å². The highest BCUT2D eigenvalue weighted by Gasteiger charge is 2.28. The van der Waals surface area contributed by atoms with Crippen LogP contribution in [-0.2, 0) is 25.0 Å². The second kappa shape index (κ2) is 11.7. The van der Waals surface area contributed by atoms with Crippen LogP contribution in [0, 0.1) is 0 Å². The Labute approximate surface area is 174 Å². The monoisotopic (exact) mass is 426 g/mol. The molecule has 164 valence electrons. The van der Waals surface area contributed by atoms with E-state index in [-0.39, 0.29) is 18.3 Å². The summed E-state index contributed by atoms with van der Waals surface area (Å²) in [4.78, 5) is 16.3. The molecule has 2 rings (SSSR count). The van der Waals surface area contributed by atoms with Crippen LogP contribution in [0.3, 0.4) is 0 Å². The van der Waals surface area contributed by atoms with Crippen molar-refractivity contribution in [3.05, 3.63) is 35.9 Å². The van der Waals surface area contributed by atoms with Crippen molar-refractivity contribution in [1.82, 2.24) is 9.80 Å². The van der Waals surface area contributed by atoms with Crippen molar-refractivity contribution < 1.29 is 23.1 Å². The molecule has 29 heavy (non-hydrogen) atoms. The van der Waals surface area contributed by atoms with Crippen LogP contribution in [0.4, 0.5) is 4.79 Å². The number of benzene rings is 1. The fraction of sp³-hybridized carbons (Fsp3) is 0.667. The Morgan fingerprint density at radius 1 is 1.00 bits per heavy atom. The van der Waals surface area contributed by atoms with Crippen LogP contribution < -0.4 is 0 Å². The third kappa shape index (κ3) is 8.87. The van der Waals surface area contributed by atoms with E-state index in [9.17, 15) is 9.36 Å². The topological polar surface area (TPSA) is 68.3 Å². The predicted octanol–water partition coefficient (Wildman–Crippen LogP) is 4.37. The molecule has 0 N–H and O–H groups in total. The molecule has 1 aromatic rings. The molecule has 1 aromatic carbocycles. The van der Waals surface area contributed by atoms with Crippen LogP contribution in [0.2, 0.25) is 0 Å². The zero-order valence-electron chi connectivity index (χ0n) is 18.1. The quantitative estimate of drug-likeness (QED) is 0.518. The van der Waals surface area contributed by atoms with Gasteiger partial charge in [0.05, 0.1) is 18.4 Å². The first-order valence-electron chi connectivity index (χ1n) is 10.4. The van der Waals surface area contributed by atoms with Gasteiger partial charge in [-0.2, -0.15) is 0 Å². The molecule has 7 nitrogen and oxygen atoms in total. The first kappa shape index (κ1) is 23.9. The molecule has 1 amide bonds. The van der Waals surface area contributed by atoms with E-state index in [1.165, 1.54) is 0 Å². The standard InChI is InChI=1S/C21H35N2O5P/c1-18(2)27-29(25,28-19(3)4)16-8-11-22-12-14-23(15-13-22)21(24)26-17-20-9-6-5-7-10-20/h5-7,9-10,18-19H,8,11-17H2,1-4H3. The molecule has 1 saturated heterocycles. The van der Waals surface area contributed by atoms with E-state index in [4.69, 9.17) is 13.8 Å². The van der Waals surface area contributed by atoms with Crippen LogP contribution in [-0.4, -0.2) is 67.0 Å². The van der Waals surface area contributed by atoms with Crippen molar-refractivity contribution in [2.45, 2.75) is 52.9 Å². The maximum Gasteiger partial charge on any atom is 0.410 e. The van der Waals surface area contributed by atoms with Crippen molar-refractivity contribution in [2.75, 3.05) is 38.9 Å². The molecule has 0 radical (unpaired) electrons. The number of hydrogen-bond acceptors (Lipinski definition) is 6. The van der Waals surface area contributed by atoms with E-state index in [0.29, 0.717) is 25.9 Å². The molecule has 1 heterocycles. The van der Waals surface area contributed by atoms with Crippen molar-refractivity contribution >= 4 is 13.7 Å². The molecule has 8 heteroatoms. The number of nitrogens with zero attached hydrogens (tertiary/aromatic N) is 2. The van der Waals surface area contributed by atoms with Crippen LogP contribution in [0.1, 0.15) is 39.7 Å². The second-order valence-electron chi connectivity index (χ2n) is 7.87. The van der Waals surface area contributed by atoms with Gasteiger partial charge in [-0.15, -0.1) is 0 Å². The van der Waals surface area contributed by atoms with Crippen molar-refractivity contribution in [2.24, 2.45) is 0 Å². The molecular formula is C21H35N2O5P. The summed E-state index contributed by atoms with van der Waals surface area (Å²) < 4.78 is 29.5. The summed E-state index contributed by atoms with van der Waals surface area (Å²) in [7, 11) is -3.08. The van der Waals surface area contributed by atoms with Gasteiger partial charge in [-0.25, -0.2) is 4.79 Å². The lowest BCUT2D eigenvalue weighted by molar-refractivity contribution is 0.0716. The van der Waals surface area contributed by atoms with E-state index in [0.717, 1.165) is 31.6 Å². The lowest BCUT2D eigenvalue weighted by atomic mass is 10.2. The van der Waals surface area contributed by atoms with Gasteiger partial charge in [0.25, 0.3) is 0 Å². The highest BCUT2D eigenvalue weighted by molar-refractivity contribution is 7.53. The van der Waals surface area contributed by atoms with Crippen molar-refractivity contribution in [3.63, 3.8) is 0 Å². The van der Waals surface area contributed by atoms with Gasteiger partial charge in [0.2, 0.25) is 0 Å². The van der Waals surface area contributed by atoms with Crippen LogP contribution in [0.25, 0.3) is 0 Å². The van der Waals surface area contributed by atoms with Gasteiger partial charge in [0.15, 0.2) is 0 Å². The summed E-state index contributed by atoms with van der Waals surface area (Å²) >= 11 is 0. The maximum atomic E-state index is 12.9. The zero-order chi connectivity index (χ0) is 21.3. The molecule has 0 aromatic heterocycles. The number of ether oxygens (including phenoxy) is 1. The number of carbonyl (C=O) groups is 1. The second-order valence-corrected chi connectivity index (χ2v) is 9.96. The highest BCUT2D eigenvalue weighted by atomic mass is 31.2. The number of amides is 1. The fourth-order valence-electron chi connectivity index (χ4n) is 3.23. The Morgan fingerprint density at radius 2 is 1.59 bits per heavy atom. The van der Waals surface area contributed by atoms with E-state index in [1.54, 1.807) is 4.90 Å². The molecule has 0 saturated carbocycles. The minimum atomic E-state index is -3.08. The molecular weight excluding hydrogens is 391 g/mol. The Hall–Kier alpha value is -1.40. The van der Waals surface area contributed by atoms with Crippen LogP contribution in [0.5, 0.6) is 0 Å². The highest BCUT2D eigenvalue weighted by Crippen LogP contribution is 2.50. The summed E-state index contributed by atoms with van der Waals surface area (Å²) in [5.41, 5.74) is 0.983. The summed E-state index contributed by atoms with van der Waals surface area (Å²) in [6, 6.07) is 9.68. The summed E-state index contributed by atoms with van der Waals surface area (Å²) in [5.74, 6) is 0. The molecule has 1 aliphatic rings. The third-order valence-electron chi connectivity index (χ3n) is 4.48. The average molecular weight is 426 g/mol. The summed E-state index contributed by atoms with van der Waals surface area (Å²) in [6.07, 6.45) is 0.599. The van der Waals surface area contributed by atoms with E-state index >= 15 is 0 Å². The number of hydrogen-bond donors (Lipinski definition) is 0. The molecule has 1 aliphatic heterocycles. The number of carbonyl (C=O) groups excluding carboxylic acids is 1. The Balaban J connectivity index is 1.69. The average Bonchev–Trinajstić information content (AvgIpc) is 2.66. The van der Waals surface area contributed by atoms with Crippen LogP contribution >= 0.6 is 7.60 Å². The van der Waals surface area contributed by atoms with E-state index in [1.807, 2.05) is 58.0 Å². The lowest BCUT2D eigenvalue weighted by Crippen LogP contribution is -2.49. The first-order chi connectivity index (χ1) is 13.8. The van der Waals surface area contributed by atoms with Gasteiger partial charge in [0.1, 0.15) is 6.61 Å². The minimum absolute atomic E-state index is 0.134. The molecule has 1 fully saturated rings. The van der Waals surface area contributed by atoms with Crippen molar-refractivity contribution in [3.8, 4) is 0 Å². The molecule has 0 aliphatic carbocycles. The fourth-order valence-corrected chi connectivity index (χ4v) is 5.30. The number of piperazine rings is 1. The number of rotatable bonds is 10. The van der Waals surface area contributed by atoms with E-state index < -0.39 is 7.60 Å². The Bertz CT molecular complexity index is 646. The van der Waals surface area contributed by atoms with Gasteiger partial charge in [0, 0.05) is 26.2 Å². The smallest absolute Gasteiger partial charge is 0.410 e. The maximum absolute atomic E-state index is 12.9.